The minimum atomic E-state index is -0.327. The molecule has 0 saturated carbocycles. The number of nitrogens with zero attached hydrogens (tertiary/aromatic N) is 1. The van der Waals surface area contributed by atoms with Gasteiger partial charge < -0.3 is 4.90 Å². The Balaban J connectivity index is 1.03. The van der Waals surface area contributed by atoms with Crippen molar-refractivity contribution < 1.29 is 0 Å². The van der Waals surface area contributed by atoms with Crippen molar-refractivity contribution in [3.05, 3.63) is 282 Å². The van der Waals surface area contributed by atoms with Gasteiger partial charge in [0.05, 0.1) is 0 Å². The molecule has 12 rings (SSSR count). The maximum absolute atomic E-state index is 2.47. The zero-order valence-corrected chi connectivity index (χ0v) is 36.6. The molecule has 308 valence electrons. The van der Waals surface area contributed by atoms with Crippen LogP contribution in [0.3, 0.4) is 0 Å². The largest absolute Gasteiger partial charge is 0.310 e. The van der Waals surface area contributed by atoms with E-state index in [1.807, 2.05) is 0 Å². The summed E-state index contributed by atoms with van der Waals surface area (Å²) in [6, 6.07) is 91.9. The van der Waals surface area contributed by atoms with E-state index in [0.29, 0.717) is 0 Å². The summed E-state index contributed by atoms with van der Waals surface area (Å²) >= 11 is 0. The number of hydrogen-bond donors (Lipinski definition) is 0. The van der Waals surface area contributed by atoms with Gasteiger partial charge in [-0.15, -0.1) is 0 Å². The first-order chi connectivity index (χ1) is 32.0. The third-order valence-electron chi connectivity index (χ3n) is 14.5. The molecular formula is C64H47N. The van der Waals surface area contributed by atoms with E-state index in [0.717, 1.165) is 17.1 Å². The van der Waals surface area contributed by atoms with Crippen molar-refractivity contribution in [2.24, 2.45) is 0 Å². The van der Waals surface area contributed by atoms with Gasteiger partial charge in [0.1, 0.15) is 0 Å². The summed E-state index contributed by atoms with van der Waals surface area (Å²) in [6.45, 7) is 4.81. The van der Waals surface area contributed by atoms with Gasteiger partial charge in [0.15, 0.2) is 0 Å². The zero-order valence-electron chi connectivity index (χ0n) is 36.6. The van der Waals surface area contributed by atoms with Gasteiger partial charge in [-0.1, -0.05) is 206 Å². The molecule has 0 N–H and O–H groups in total. The third-order valence-corrected chi connectivity index (χ3v) is 14.5. The molecule has 0 amide bonds. The molecule has 0 saturated heterocycles. The molecule has 2 unspecified atom stereocenters. The molecule has 0 radical (unpaired) electrons. The van der Waals surface area contributed by atoms with Crippen LogP contribution < -0.4 is 4.90 Å². The molecule has 10 aromatic carbocycles. The number of rotatable bonds is 8. The SMILES string of the molecule is CC1(c2ccccc2)c2ccccc2-c2ccc(N(c3ccc(-c4ccc(-c5ccccc5)c(-c5ccccc5)c4)cc3)c3ccc4c(c3)C(C)(c3ccccc3)c3ccccc3-4)cc21. The number of hydrogen-bond acceptors (Lipinski definition) is 1. The van der Waals surface area contributed by atoms with Crippen LogP contribution in [0.1, 0.15) is 47.2 Å². The Bertz CT molecular complexity index is 3230. The average Bonchev–Trinajstić information content (AvgIpc) is 3.80. The molecule has 1 nitrogen and oxygen atoms in total. The van der Waals surface area contributed by atoms with E-state index in [1.165, 1.54) is 89.0 Å². The summed E-state index contributed by atoms with van der Waals surface area (Å²) in [5.74, 6) is 0. The van der Waals surface area contributed by atoms with Crippen LogP contribution in [-0.4, -0.2) is 0 Å². The second-order valence-electron chi connectivity index (χ2n) is 17.9. The maximum Gasteiger partial charge on any atom is 0.0465 e. The quantitative estimate of drug-likeness (QED) is 0.147. The molecule has 1 heteroatoms. The van der Waals surface area contributed by atoms with Crippen molar-refractivity contribution in [3.8, 4) is 55.6 Å². The van der Waals surface area contributed by atoms with Crippen LogP contribution >= 0.6 is 0 Å². The lowest BCUT2D eigenvalue weighted by molar-refractivity contribution is 0.713. The Kier molecular flexibility index (Phi) is 9.14. The van der Waals surface area contributed by atoms with Gasteiger partial charge in [-0.3, -0.25) is 0 Å². The monoisotopic (exact) mass is 829 g/mol. The fourth-order valence-electron chi connectivity index (χ4n) is 11.1. The normalized spacial score (nSPS) is 16.6. The van der Waals surface area contributed by atoms with Crippen molar-refractivity contribution in [2.75, 3.05) is 4.90 Å². The van der Waals surface area contributed by atoms with Crippen LogP contribution in [0.25, 0.3) is 55.6 Å². The Morgan fingerprint density at radius 1 is 0.246 bits per heavy atom. The summed E-state index contributed by atoms with van der Waals surface area (Å²) in [4.78, 5) is 2.47. The standard InChI is InChI=1S/C64H47N/c1-63(48-23-11-5-12-24-48)59-29-17-15-27-54(59)56-39-36-51(42-61(56)63)65(52-37-40-57-55-28-16-18-30-60(55)64(2,62(57)43-52)49-25-13-6-14-26-49)50-34-31-44(32-35-50)47-33-38-53(45-19-7-3-8-20-45)58(41-47)46-21-9-4-10-22-46/h3-43H,1-2H3. The highest BCUT2D eigenvalue weighted by molar-refractivity contribution is 5.91. The highest BCUT2D eigenvalue weighted by atomic mass is 15.1. The Hall–Kier alpha value is -8.00. The molecule has 2 atom stereocenters. The van der Waals surface area contributed by atoms with E-state index in [4.69, 9.17) is 0 Å². The summed E-state index contributed by atoms with van der Waals surface area (Å²) in [5.41, 5.74) is 23.0. The second kappa shape index (κ2) is 15.4. The summed E-state index contributed by atoms with van der Waals surface area (Å²) in [6.07, 6.45) is 0. The molecule has 0 aromatic heterocycles. The molecule has 0 aliphatic heterocycles. The lowest BCUT2D eigenvalue weighted by Gasteiger charge is -2.32. The number of anilines is 3. The van der Waals surface area contributed by atoms with Gasteiger partial charge in [-0.2, -0.15) is 0 Å². The summed E-state index contributed by atoms with van der Waals surface area (Å²) in [7, 11) is 0. The molecule has 0 spiro atoms. The van der Waals surface area contributed by atoms with Crippen LogP contribution in [0, 0.1) is 0 Å². The lowest BCUT2D eigenvalue weighted by atomic mass is 9.74. The van der Waals surface area contributed by atoms with Crippen LogP contribution in [0.5, 0.6) is 0 Å². The summed E-state index contributed by atoms with van der Waals surface area (Å²) in [5, 5.41) is 0. The predicted molar refractivity (Wildman–Crippen MR) is 272 cm³/mol. The van der Waals surface area contributed by atoms with Crippen LogP contribution in [0.15, 0.2) is 249 Å². The molecular weight excluding hydrogens is 783 g/mol. The van der Waals surface area contributed by atoms with Crippen molar-refractivity contribution in [1.29, 1.82) is 0 Å². The predicted octanol–water partition coefficient (Wildman–Crippen LogP) is 16.8. The topological polar surface area (TPSA) is 3.24 Å². The molecule has 2 aliphatic carbocycles. The molecule has 0 heterocycles. The zero-order chi connectivity index (χ0) is 43.5. The molecule has 65 heavy (non-hydrogen) atoms. The van der Waals surface area contributed by atoms with E-state index in [2.05, 4.69) is 267 Å². The van der Waals surface area contributed by atoms with Gasteiger partial charge in [0, 0.05) is 27.9 Å². The second-order valence-corrected chi connectivity index (χ2v) is 17.9. The van der Waals surface area contributed by atoms with Gasteiger partial charge in [-0.25, -0.2) is 0 Å². The lowest BCUT2D eigenvalue weighted by Crippen LogP contribution is -2.23. The smallest absolute Gasteiger partial charge is 0.0465 e. The fraction of sp³-hybridized carbons (Fsp3) is 0.0625. The maximum atomic E-state index is 2.47. The van der Waals surface area contributed by atoms with Crippen molar-refractivity contribution in [1.82, 2.24) is 0 Å². The van der Waals surface area contributed by atoms with E-state index < -0.39 is 0 Å². The molecule has 10 aromatic rings. The minimum absolute atomic E-state index is 0.327. The highest BCUT2D eigenvalue weighted by Crippen LogP contribution is 2.56. The van der Waals surface area contributed by atoms with Crippen molar-refractivity contribution >= 4 is 17.1 Å². The first kappa shape index (κ1) is 38.7. The van der Waals surface area contributed by atoms with Gasteiger partial charge >= 0.3 is 0 Å². The summed E-state index contributed by atoms with van der Waals surface area (Å²) < 4.78 is 0. The van der Waals surface area contributed by atoms with E-state index in [9.17, 15) is 0 Å². The van der Waals surface area contributed by atoms with Gasteiger partial charge in [-0.05, 0) is 145 Å². The van der Waals surface area contributed by atoms with Crippen LogP contribution in [-0.2, 0) is 10.8 Å². The average molecular weight is 830 g/mol. The minimum Gasteiger partial charge on any atom is -0.310 e. The molecule has 2 aliphatic rings. The first-order valence-corrected chi connectivity index (χ1v) is 22.8. The van der Waals surface area contributed by atoms with Crippen LogP contribution in [0.4, 0.5) is 17.1 Å². The molecule has 0 bridgehead atoms. The first-order valence-electron chi connectivity index (χ1n) is 22.8. The Morgan fingerprint density at radius 3 is 1.11 bits per heavy atom. The molecule has 0 fully saturated rings. The van der Waals surface area contributed by atoms with E-state index >= 15 is 0 Å². The van der Waals surface area contributed by atoms with Gasteiger partial charge in [0.2, 0.25) is 0 Å². The van der Waals surface area contributed by atoms with Crippen molar-refractivity contribution in [2.45, 2.75) is 24.7 Å². The van der Waals surface area contributed by atoms with Gasteiger partial charge in [0.25, 0.3) is 0 Å². The fourth-order valence-corrected chi connectivity index (χ4v) is 11.1. The van der Waals surface area contributed by atoms with E-state index in [-0.39, 0.29) is 10.8 Å². The number of benzene rings is 10. The Morgan fingerprint density at radius 2 is 0.615 bits per heavy atom. The third kappa shape index (κ3) is 6.15. The highest BCUT2D eigenvalue weighted by Gasteiger charge is 2.43. The van der Waals surface area contributed by atoms with Crippen molar-refractivity contribution in [3.63, 3.8) is 0 Å². The number of fused-ring (bicyclic) bond motifs is 6. The van der Waals surface area contributed by atoms with E-state index in [1.54, 1.807) is 0 Å². The van der Waals surface area contributed by atoms with Crippen LogP contribution in [0.2, 0.25) is 0 Å². The Labute approximate surface area is 382 Å².